The van der Waals surface area contributed by atoms with E-state index in [1.54, 1.807) is 6.92 Å². The van der Waals surface area contributed by atoms with E-state index in [2.05, 4.69) is 22.5 Å². The molecular weight excluding hydrogens is 315 g/mol. The van der Waals surface area contributed by atoms with Crippen LogP contribution >= 0.6 is 28.3 Å². The van der Waals surface area contributed by atoms with E-state index in [0.29, 0.717) is 6.42 Å². The predicted molar refractivity (Wildman–Crippen MR) is 69.3 cm³/mol. The molecule has 0 heterocycles. The van der Waals surface area contributed by atoms with E-state index >= 15 is 0 Å². The van der Waals surface area contributed by atoms with Gasteiger partial charge in [0.05, 0.1) is 4.47 Å². The van der Waals surface area contributed by atoms with Gasteiger partial charge in [0.25, 0.3) is 0 Å². The SMILES string of the molecule is C=C(C)C[C@H](N)c1cc(Br)c(F)c(F)c1O.Cl. The molecule has 0 fully saturated rings. The molecule has 0 aliphatic rings. The highest BCUT2D eigenvalue weighted by molar-refractivity contribution is 9.10. The number of nitrogens with two attached hydrogens (primary N) is 1. The maximum absolute atomic E-state index is 13.2. The molecule has 1 atom stereocenters. The molecule has 0 aliphatic carbocycles. The molecule has 17 heavy (non-hydrogen) atoms. The molecule has 0 saturated heterocycles. The number of hydrogen-bond acceptors (Lipinski definition) is 2. The van der Waals surface area contributed by atoms with Gasteiger partial charge in [0.1, 0.15) is 0 Å². The highest BCUT2D eigenvalue weighted by Gasteiger charge is 2.20. The van der Waals surface area contributed by atoms with Crippen LogP contribution in [0, 0.1) is 11.6 Å². The predicted octanol–water partition coefficient (Wildman–Crippen LogP) is 3.82. The van der Waals surface area contributed by atoms with Gasteiger partial charge in [-0.15, -0.1) is 19.0 Å². The molecule has 1 aromatic rings. The molecular formula is C11H13BrClF2NO. The van der Waals surface area contributed by atoms with Gasteiger partial charge >= 0.3 is 0 Å². The average Bonchev–Trinajstić information content (AvgIpc) is 2.19. The Balaban J connectivity index is 0.00000256. The summed E-state index contributed by atoms with van der Waals surface area (Å²) in [4.78, 5) is 0. The summed E-state index contributed by atoms with van der Waals surface area (Å²) < 4.78 is 26.2. The van der Waals surface area contributed by atoms with Gasteiger partial charge in [-0.1, -0.05) is 5.57 Å². The lowest BCUT2D eigenvalue weighted by molar-refractivity contribution is 0.395. The number of benzene rings is 1. The third-order valence-electron chi connectivity index (χ3n) is 2.13. The van der Waals surface area contributed by atoms with Crippen LogP contribution in [0.25, 0.3) is 0 Å². The van der Waals surface area contributed by atoms with E-state index in [9.17, 15) is 13.9 Å². The molecule has 0 spiro atoms. The van der Waals surface area contributed by atoms with Crippen LogP contribution < -0.4 is 5.73 Å². The van der Waals surface area contributed by atoms with Gasteiger partial charge in [0.15, 0.2) is 11.6 Å². The minimum absolute atomic E-state index is 0. The van der Waals surface area contributed by atoms with Crippen molar-refractivity contribution in [2.24, 2.45) is 5.73 Å². The van der Waals surface area contributed by atoms with Crippen molar-refractivity contribution in [3.63, 3.8) is 0 Å². The maximum atomic E-state index is 13.2. The molecule has 0 amide bonds. The smallest absolute Gasteiger partial charge is 0.201 e. The van der Waals surface area contributed by atoms with Gasteiger partial charge in [-0.3, -0.25) is 0 Å². The van der Waals surface area contributed by atoms with Crippen molar-refractivity contribution in [2.45, 2.75) is 19.4 Å². The van der Waals surface area contributed by atoms with Crippen molar-refractivity contribution in [1.82, 2.24) is 0 Å². The molecule has 1 aromatic carbocycles. The second-order valence-corrected chi connectivity index (χ2v) is 4.55. The van der Waals surface area contributed by atoms with Crippen LogP contribution in [0.15, 0.2) is 22.7 Å². The summed E-state index contributed by atoms with van der Waals surface area (Å²) in [5.74, 6) is -3.15. The molecule has 96 valence electrons. The fraction of sp³-hybridized carbons (Fsp3) is 0.273. The highest BCUT2D eigenvalue weighted by atomic mass is 79.9. The molecule has 0 radical (unpaired) electrons. The van der Waals surface area contributed by atoms with Crippen LogP contribution in [0.2, 0.25) is 0 Å². The van der Waals surface area contributed by atoms with Crippen LogP contribution in [0.4, 0.5) is 8.78 Å². The number of halogens is 4. The largest absolute Gasteiger partial charge is 0.505 e. The van der Waals surface area contributed by atoms with Crippen molar-refractivity contribution in [2.75, 3.05) is 0 Å². The van der Waals surface area contributed by atoms with E-state index in [0.717, 1.165) is 5.57 Å². The van der Waals surface area contributed by atoms with Gasteiger partial charge in [-0.2, -0.15) is 4.39 Å². The molecule has 0 saturated carbocycles. The average molecular weight is 329 g/mol. The molecule has 0 unspecified atom stereocenters. The van der Waals surface area contributed by atoms with Crippen molar-refractivity contribution in [3.05, 3.63) is 39.9 Å². The van der Waals surface area contributed by atoms with E-state index in [1.807, 2.05) is 0 Å². The maximum Gasteiger partial charge on any atom is 0.201 e. The number of phenolic OH excluding ortho intramolecular Hbond substituents is 1. The second-order valence-electron chi connectivity index (χ2n) is 3.69. The lowest BCUT2D eigenvalue weighted by Gasteiger charge is -2.15. The van der Waals surface area contributed by atoms with Crippen LogP contribution in [0.5, 0.6) is 5.75 Å². The zero-order valence-corrected chi connectivity index (χ0v) is 11.5. The first-order valence-electron chi connectivity index (χ1n) is 4.61. The van der Waals surface area contributed by atoms with E-state index in [4.69, 9.17) is 5.73 Å². The van der Waals surface area contributed by atoms with Gasteiger partial charge in [0.2, 0.25) is 5.82 Å². The standard InChI is InChI=1S/C11H12BrF2NO.ClH/c1-5(2)3-8(15)6-4-7(12)9(13)10(14)11(6)16;/h4,8,16H,1,3,15H2,2H3;1H/t8-;/m0./s1. The molecule has 0 aromatic heterocycles. The normalized spacial score (nSPS) is 11.8. The van der Waals surface area contributed by atoms with Gasteiger partial charge in [0, 0.05) is 11.6 Å². The summed E-state index contributed by atoms with van der Waals surface area (Å²) in [5.41, 5.74) is 6.71. The molecule has 0 aliphatic heterocycles. The quantitative estimate of drug-likeness (QED) is 0.654. The summed E-state index contributed by atoms with van der Waals surface area (Å²) in [7, 11) is 0. The van der Waals surface area contributed by atoms with Crippen LogP contribution in [0.1, 0.15) is 24.9 Å². The summed E-state index contributed by atoms with van der Waals surface area (Å²) in [6.45, 7) is 5.44. The third kappa shape index (κ3) is 3.66. The lowest BCUT2D eigenvalue weighted by Crippen LogP contribution is -2.12. The van der Waals surface area contributed by atoms with Crippen LogP contribution in [0.3, 0.4) is 0 Å². The van der Waals surface area contributed by atoms with E-state index in [-0.39, 0.29) is 22.4 Å². The molecule has 2 nitrogen and oxygen atoms in total. The Bertz CT molecular complexity index is 440. The second kappa shape index (κ2) is 6.33. The van der Waals surface area contributed by atoms with Crippen LogP contribution in [-0.2, 0) is 0 Å². The highest BCUT2D eigenvalue weighted by Crippen LogP contribution is 2.34. The first kappa shape index (κ1) is 16.4. The Hall–Kier alpha value is -0.650. The van der Waals surface area contributed by atoms with Crippen molar-refractivity contribution in [3.8, 4) is 5.75 Å². The fourth-order valence-corrected chi connectivity index (χ4v) is 1.79. The Morgan fingerprint density at radius 2 is 2.06 bits per heavy atom. The van der Waals surface area contributed by atoms with E-state index < -0.39 is 23.4 Å². The monoisotopic (exact) mass is 327 g/mol. The van der Waals surface area contributed by atoms with Gasteiger partial charge < -0.3 is 10.8 Å². The minimum atomic E-state index is -1.29. The minimum Gasteiger partial charge on any atom is -0.505 e. The Labute approximate surface area is 113 Å². The first-order valence-corrected chi connectivity index (χ1v) is 5.40. The molecule has 1 rings (SSSR count). The number of phenols is 1. The Morgan fingerprint density at radius 1 is 1.53 bits per heavy atom. The topological polar surface area (TPSA) is 46.2 Å². The number of hydrogen-bond donors (Lipinski definition) is 2. The summed E-state index contributed by atoms with van der Waals surface area (Å²) in [6, 6.07) is 0.672. The van der Waals surface area contributed by atoms with Crippen molar-refractivity contribution >= 4 is 28.3 Å². The molecule has 0 bridgehead atoms. The lowest BCUT2D eigenvalue weighted by atomic mass is 10.00. The van der Waals surface area contributed by atoms with Crippen molar-refractivity contribution in [1.29, 1.82) is 0 Å². The summed E-state index contributed by atoms with van der Waals surface area (Å²) >= 11 is 2.86. The fourth-order valence-electron chi connectivity index (χ4n) is 1.37. The number of rotatable bonds is 3. The van der Waals surface area contributed by atoms with Gasteiger partial charge in [-0.05, 0) is 35.3 Å². The molecule has 6 heteroatoms. The third-order valence-corrected chi connectivity index (χ3v) is 2.71. The Morgan fingerprint density at radius 3 is 2.53 bits per heavy atom. The summed E-state index contributed by atoms with van der Waals surface area (Å²) in [5, 5.41) is 9.44. The van der Waals surface area contributed by atoms with Gasteiger partial charge in [-0.25, -0.2) is 4.39 Å². The molecule has 3 N–H and O–H groups in total. The van der Waals surface area contributed by atoms with Crippen molar-refractivity contribution < 1.29 is 13.9 Å². The zero-order chi connectivity index (χ0) is 12.5. The summed E-state index contributed by atoms with van der Waals surface area (Å²) in [6.07, 6.45) is 0.394. The zero-order valence-electron chi connectivity index (χ0n) is 9.14. The number of aromatic hydroxyl groups is 1. The first-order chi connectivity index (χ1) is 7.34. The Kier molecular flexibility index (Phi) is 6.09. The van der Waals surface area contributed by atoms with E-state index in [1.165, 1.54) is 6.07 Å². The van der Waals surface area contributed by atoms with Crippen LogP contribution in [-0.4, -0.2) is 5.11 Å².